The summed E-state index contributed by atoms with van der Waals surface area (Å²) in [7, 11) is 0. The van der Waals surface area contributed by atoms with Crippen LogP contribution >= 0.6 is 0 Å². The minimum absolute atomic E-state index is 0.0275. The van der Waals surface area contributed by atoms with Crippen LogP contribution in [0.25, 0.3) is 0 Å². The maximum absolute atomic E-state index is 13.4. The van der Waals surface area contributed by atoms with Crippen molar-refractivity contribution in [1.82, 2.24) is 4.98 Å². The number of aryl methyl sites for hydroxylation is 2. The zero-order chi connectivity index (χ0) is 30.2. The van der Waals surface area contributed by atoms with Crippen LogP contribution in [-0.4, -0.2) is 21.8 Å². The van der Waals surface area contributed by atoms with Crippen molar-refractivity contribution >= 4 is 17.4 Å². The standard InChI is InChI=1S/C37H44N2O3/c1-6-34-33(23-32(38-34)19-20-35(40)41)37(42)30-15-17-31(18-16-30)39-36(28-11-7-26(8-12-28)21-24(2)3)29-13-9-27(10-14-29)22-25(4)5/h7-18,23-25,36,38-39H,6,19-22H2,1-5H3,(H,40,41). The number of benzene rings is 3. The predicted molar refractivity (Wildman–Crippen MR) is 171 cm³/mol. The molecule has 1 aromatic heterocycles. The number of anilines is 1. The van der Waals surface area contributed by atoms with Gasteiger partial charge in [0.05, 0.1) is 12.5 Å². The zero-order valence-corrected chi connectivity index (χ0v) is 25.5. The Balaban J connectivity index is 1.57. The van der Waals surface area contributed by atoms with Gasteiger partial charge in [-0.1, -0.05) is 83.1 Å². The van der Waals surface area contributed by atoms with Crippen LogP contribution in [0, 0.1) is 11.8 Å². The lowest BCUT2D eigenvalue weighted by Crippen LogP contribution is -2.13. The molecule has 5 heteroatoms. The molecule has 0 saturated heterocycles. The summed E-state index contributed by atoms with van der Waals surface area (Å²) in [6.45, 7) is 10.9. The van der Waals surface area contributed by atoms with E-state index in [9.17, 15) is 9.59 Å². The first-order chi connectivity index (χ1) is 20.1. The molecule has 220 valence electrons. The fraction of sp³-hybridized carbons (Fsp3) is 0.351. The van der Waals surface area contributed by atoms with Crippen molar-refractivity contribution in [2.24, 2.45) is 11.8 Å². The number of ketones is 1. The van der Waals surface area contributed by atoms with Crippen LogP contribution in [0.15, 0.2) is 78.9 Å². The minimum atomic E-state index is -0.852. The maximum Gasteiger partial charge on any atom is 0.303 e. The molecule has 0 aliphatic heterocycles. The summed E-state index contributed by atoms with van der Waals surface area (Å²) >= 11 is 0. The first-order valence-corrected chi connectivity index (χ1v) is 15.1. The van der Waals surface area contributed by atoms with Crippen LogP contribution in [0.1, 0.15) is 96.6 Å². The average Bonchev–Trinajstić information content (AvgIpc) is 3.39. The van der Waals surface area contributed by atoms with Gasteiger partial charge in [0.1, 0.15) is 0 Å². The number of carboxylic acids is 1. The van der Waals surface area contributed by atoms with E-state index in [1.54, 1.807) is 6.07 Å². The number of H-pyrrole nitrogens is 1. The van der Waals surface area contributed by atoms with Gasteiger partial charge in [-0.15, -0.1) is 0 Å². The Hall–Kier alpha value is -4.12. The first-order valence-electron chi connectivity index (χ1n) is 15.1. The Morgan fingerprint density at radius 1 is 0.786 bits per heavy atom. The molecule has 0 fully saturated rings. The number of aliphatic carboxylic acids is 1. The maximum atomic E-state index is 13.4. The summed E-state index contributed by atoms with van der Waals surface area (Å²) in [6.07, 6.45) is 3.18. The largest absolute Gasteiger partial charge is 0.481 e. The fourth-order valence-electron chi connectivity index (χ4n) is 5.45. The van der Waals surface area contributed by atoms with E-state index in [1.165, 1.54) is 22.3 Å². The van der Waals surface area contributed by atoms with Crippen molar-refractivity contribution < 1.29 is 14.7 Å². The molecule has 0 radical (unpaired) electrons. The van der Waals surface area contributed by atoms with E-state index in [1.807, 2.05) is 31.2 Å². The summed E-state index contributed by atoms with van der Waals surface area (Å²) in [6, 6.07) is 27.2. The van der Waals surface area contributed by atoms with E-state index >= 15 is 0 Å². The van der Waals surface area contributed by atoms with Crippen molar-refractivity contribution in [1.29, 1.82) is 0 Å². The molecule has 0 unspecified atom stereocenters. The highest BCUT2D eigenvalue weighted by Gasteiger charge is 2.18. The highest BCUT2D eigenvalue weighted by molar-refractivity contribution is 6.10. The van der Waals surface area contributed by atoms with Crippen molar-refractivity contribution in [3.63, 3.8) is 0 Å². The van der Waals surface area contributed by atoms with Crippen molar-refractivity contribution in [2.45, 2.75) is 72.8 Å². The molecule has 3 N–H and O–H groups in total. The molecule has 4 rings (SSSR count). The number of carbonyl (C=O) groups excluding carboxylic acids is 1. The summed E-state index contributed by atoms with van der Waals surface area (Å²) < 4.78 is 0. The first kappa shape index (κ1) is 30.8. The smallest absolute Gasteiger partial charge is 0.303 e. The van der Waals surface area contributed by atoms with Gasteiger partial charge in [0.15, 0.2) is 5.78 Å². The van der Waals surface area contributed by atoms with E-state index in [2.05, 4.69) is 86.5 Å². The normalized spacial score (nSPS) is 11.4. The van der Waals surface area contributed by atoms with Crippen LogP contribution in [0.4, 0.5) is 5.69 Å². The van der Waals surface area contributed by atoms with E-state index in [0.29, 0.717) is 35.8 Å². The van der Waals surface area contributed by atoms with Gasteiger partial charge in [0, 0.05) is 28.2 Å². The number of aromatic nitrogens is 1. The molecule has 0 aliphatic carbocycles. The molecule has 0 bridgehead atoms. The number of aromatic amines is 1. The SMILES string of the molecule is CCc1[nH]c(CCC(=O)O)cc1C(=O)c1ccc(NC(c2ccc(CC(C)C)cc2)c2ccc(CC(C)C)cc2)cc1. The van der Waals surface area contributed by atoms with Gasteiger partial charge >= 0.3 is 5.97 Å². The van der Waals surface area contributed by atoms with E-state index in [0.717, 1.165) is 29.9 Å². The highest BCUT2D eigenvalue weighted by Crippen LogP contribution is 2.29. The third-order valence-corrected chi connectivity index (χ3v) is 7.53. The Labute approximate surface area is 250 Å². The van der Waals surface area contributed by atoms with Crippen LogP contribution in [0.2, 0.25) is 0 Å². The lowest BCUT2D eigenvalue weighted by atomic mass is 9.93. The minimum Gasteiger partial charge on any atom is -0.481 e. The van der Waals surface area contributed by atoms with E-state index < -0.39 is 5.97 Å². The molecule has 0 aliphatic rings. The summed E-state index contributed by atoms with van der Waals surface area (Å²) in [5, 5.41) is 12.7. The predicted octanol–water partition coefficient (Wildman–Crippen LogP) is 8.42. The Kier molecular flexibility index (Phi) is 10.4. The molecular weight excluding hydrogens is 520 g/mol. The average molecular weight is 565 g/mol. The molecule has 0 saturated carbocycles. The third-order valence-electron chi connectivity index (χ3n) is 7.53. The van der Waals surface area contributed by atoms with Gasteiger partial charge in [-0.05, 0) is 90.1 Å². The highest BCUT2D eigenvalue weighted by atomic mass is 16.4. The van der Waals surface area contributed by atoms with Crippen LogP contribution in [-0.2, 0) is 30.5 Å². The lowest BCUT2D eigenvalue weighted by Gasteiger charge is -2.22. The second-order valence-corrected chi connectivity index (χ2v) is 12.1. The molecular formula is C37H44N2O3. The summed E-state index contributed by atoms with van der Waals surface area (Å²) in [4.78, 5) is 27.7. The Morgan fingerprint density at radius 2 is 1.31 bits per heavy atom. The van der Waals surface area contributed by atoms with Crippen LogP contribution in [0.5, 0.6) is 0 Å². The zero-order valence-electron chi connectivity index (χ0n) is 25.5. The van der Waals surface area contributed by atoms with Gasteiger partial charge in [0.2, 0.25) is 0 Å². The number of carbonyl (C=O) groups is 2. The summed E-state index contributed by atoms with van der Waals surface area (Å²) in [5.41, 5.74) is 8.81. The lowest BCUT2D eigenvalue weighted by molar-refractivity contribution is -0.136. The number of nitrogens with one attached hydrogen (secondary N) is 2. The molecule has 4 aromatic rings. The monoisotopic (exact) mass is 564 g/mol. The molecule has 0 spiro atoms. The molecule has 1 heterocycles. The second-order valence-electron chi connectivity index (χ2n) is 12.1. The van der Waals surface area contributed by atoms with Crippen LogP contribution in [0.3, 0.4) is 0 Å². The van der Waals surface area contributed by atoms with E-state index in [-0.39, 0.29) is 18.2 Å². The second kappa shape index (κ2) is 14.2. The third kappa shape index (κ3) is 8.22. The molecule has 0 atom stereocenters. The van der Waals surface area contributed by atoms with Gasteiger partial charge in [-0.2, -0.15) is 0 Å². The van der Waals surface area contributed by atoms with Crippen molar-refractivity contribution in [3.8, 4) is 0 Å². The van der Waals surface area contributed by atoms with Gasteiger partial charge in [0.25, 0.3) is 0 Å². The molecule has 5 nitrogen and oxygen atoms in total. The summed E-state index contributed by atoms with van der Waals surface area (Å²) in [5.74, 6) is 0.301. The van der Waals surface area contributed by atoms with Gasteiger partial charge in [-0.3, -0.25) is 9.59 Å². The van der Waals surface area contributed by atoms with Crippen molar-refractivity contribution in [3.05, 3.63) is 124 Å². The number of hydrogen-bond donors (Lipinski definition) is 3. The Morgan fingerprint density at radius 3 is 1.76 bits per heavy atom. The number of rotatable bonds is 14. The van der Waals surface area contributed by atoms with Crippen molar-refractivity contribution in [2.75, 3.05) is 5.32 Å². The molecule has 3 aromatic carbocycles. The van der Waals surface area contributed by atoms with Gasteiger partial charge < -0.3 is 15.4 Å². The van der Waals surface area contributed by atoms with Crippen LogP contribution < -0.4 is 5.32 Å². The van der Waals surface area contributed by atoms with E-state index in [4.69, 9.17) is 5.11 Å². The number of carboxylic acid groups (broad SMARTS) is 1. The number of hydrogen-bond acceptors (Lipinski definition) is 3. The Bertz CT molecular complexity index is 1410. The van der Waals surface area contributed by atoms with Gasteiger partial charge in [-0.25, -0.2) is 0 Å². The quantitative estimate of drug-likeness (QED) is 0.134. The topological polar surface area (TPSA) is 82.2 Å². The molecule has 0 amide bonds. The molecule has 42 heavy (non-hydrogen) atoms. The fourth-order valence-corrected chi connectivity index (χ4v) is 5.45.